The van der Waals surface area contributed by atoms with Crippen LogP contribution < -0.4 is 5.32 Å². The van der Waals surface area contributed by atoms with Crippen molar-refractivity contribution in [2.75, 3.05) is 38.0 Å². The van der Waals surface area contributed by atoms with Crippen LogP contribution in [0.1, 0.15) is 58.6 Å². The molecule has 0 bridgehead atoms. The molecule has 0 saturated carbocycles. The standard InChI is InChI=1S/C26H31BrN4O3/c1-16-23(13-20-19-12-17(27)7-8-21(19)29-25(20)33)28-22-6-5-11-31(26(34)24(16)22)15-18(32)14-30-9-3-2-4-10-30/h7-8,12-13,18,28,32H,2-6,9-11,14-15H2,1H3,(H,29,33)/b20-13-/t18-/m1/s1. The van der Waals surface area contributed by atoms with Gasteiger partial charge in [0.05, 0.1) is 17.2 Å². The van der Waals surface area contributed by atoms with Crippen LogP contribution in [0.2, 0.25) is 0 Å². The Bertz CT molecular complexity index is 1150. The number of hydrogen-bond donors (Lipinski definition) is 3. The highest BCUT2D eigenvalue weighted by Crippen LogP contribution is 2.36. The number of carbonyl (C=O) groups excluding carboxylic acids is 2. The van der Waals surface area contributed by atoms with Crippen LogP contribution in [0.5, 0.6) is 0 Å². The first kappa shape index (κ1) is 23.3. The van der Waals surface area contributed by atoms with Crippen molar-refractivity contribution in [3.63, 3.8) is 0 Å². The molecule has 7 nitrogen and oxygen atoms in total. The van der Waals surface area contributed by atoms with Crippen LogP contribution in [0.4, 0.5) is 5.69 Å². The monoisotopic (exact) mass is 526 g/mol. The number of aliphatic hydroxyl groups excluding tert-OH is 1. The van der Waals surface area contributed by atoms with E-state index in [1.165, 1.54) is 19.3 Å². The van der Waals surface area contributed by atoms with Gasteiger partial charge in [-0.1, -0.05) is 22.4 Å². The van der Waals surface area contributed by atoms with E-state index in [9.17, 15) is 14.7 Å². The summed E-state index contributed by atoms with van der Waals surface area (Å²) in [5.74, 6) is -0.186. The lowest BCUT2D eigenvalue weighted by atomic mass is 10.0. The van der Waals surface area contributed by atoms with Crippen LogP contribution in [0.15, 0.2) is 22.7 Å². The molecule has 2 aromatic rings. The number of aromatic nitrogens is 1. The lowest BCUT2D eigenvalue weighted by Crippen LogP contribution is -2.44. The molecule has 1 saturated heterocycles. The molecule has 0 unspecified atom stereocenters. The van der Waals surface area contributed by atoms with Crippen LogP contribution in [-0.4, -0.2) is 70.5 Å². The Morgan fingerprint density at radius 2 is 1.91 bits per heavy atom. The lowest BCUT2D eigenvalue weighted by Gasteiger charge is -2.31. The predicted octanol–water partition coefficient (Wildman–Crippen LogP) is 3.81. The van der Waals surface area contributed by atoms with Gasteiger partial charge in [-0.2, -0.15) is 0 Å². The molecular formula is C26H31BrN4O3. The Hall–Kier alpha value is -2.42. The molecule has 180 valence electrons. The smallest absolute Gasteiger partial charge is 0.256 e. The molecule has 0 aliphatic carbocycles. The number of carbonyl (C=O) groups is 2. The molecule has 3 aliphatic heterocycles. The van der Waals surface area contributed by atoms with E-state index in [1.807, 2.05) is 31.2 Å². The summed E-state index contributed by atoms with van der Waals surface area (Å²) in [4.78, 5) is 33.7. The summed E-state index contributed by atoms with van der Waals surface area (Å²) in [7, 11) is 0. The van der Waals surface area contributed by atoms with Crippen molar-refractivity contribution in [3.05, 3.63) is 50.8 Å². The molecule has 3 aliphatic rings. The number of β-amino-alcohol motifs (C(OH)–C–C–N with tert-alkyl or cyclic N) is 1. The van der Waals surface area contributed by atoms with Crippen LogP contribution in [-0.2, 0) is 11.2 Å². The number of piperidine rings is 1. The number of aryl methyl sites for hydroxylation is 1. The number of likely N-dealkylation sites (tertiary alicyclic amines) is 1. The first-order valence-electron chi connectivity index (χ1n) is 12.1. The highest BCUT2D eigenvalue weighted by molar-refractivity contribution is 9.10. The Labute approximate surface area is 208 Å². The van der Waals surface area contributed by atoms with E-state index < -0.39 is 6.10 Å². The SMILES string of the molecule is Cc1c(/C=C2\C(=O)Nc3ccc(Br)cc32)[nH]c2c1C(=O)N(C[C@H](O)CN1CCCCC1)CCC2. The number of anilines is 1. The van der Waals surface area contributed by atoms with Gasteiger partial charge < -0.3 is 25.2 Å². The molecule has 1 aromatic heterocycles. The summed E-state index contributed by atoms with van der Waals surface area (Å²) in [6.45, 7) is 5.58. The number of aliphatic hydroxyl groups is 1. The Morgan fingerprint density at radius 3 is 2.71 bits per heavy atom. The van der Waals surface area contributed by atoms with Crippen molar-refractivity contribution in [2.24, 2.45) is 0 Å². The fourth-order valence-electron chi connectivity index (χ4n) is 5.38. The van der Waals surface area contributed by atoms with Gasteiger partial charge in [0.1, 0.15) is 0 Å². The van der Waals surface area contributed by atoms with Crippen LogP contribution in [0.3, 0.4) is 0 Å². The summed E-state index contributed by atoms with van der Waals surface area (Å²) in [6.07, 6.45) is 6.51. The maximum atomic E-state index is 13.5. The molecule has 0 radical (unpaired) electrons. The molecule has 4 heterocycles. The van der Waals surface area contributed by atoms with Gasteiger partial charge in [0, 0.05) is 46.7 Å². The van der Waals surface area contributed by atoms with Crippen LogP contribution in [0, 0.1) is 6.92 Å². The maximum Gasteiger partial charge on any atom is 0.256 e. The average Bonchev–Trinajstić information content (AvgIpc) is 3.23. The van der Waals surface area contributed by atoms with Gasteiger partial charge >= 0.3 is 0 Å². The number of hydrogen-bond acceptors (Lipinski definition) is 4. The Balaban J connectivity index is 1.38. The normalized spacial score (nSPS) is 20.8. The van der Waals surface area contributed by atoms with Crippen molar-refractivity contribution >= 4 is 45.1 Å². The van der Waals surface area contributed by atoms with Gasteiger partial charge in [-0.3, -0.25) is 9.59 Å². The van der Waals surface area contributed by atoms with E-state index in [1.54, 1.807) is 4.90 Å². The maximum absolute atomic E-state index is 13.5. The fraction of sp³-hybridized carbons (Fsp3) is 0.462. The topological polar surface area (TPSA) is 88.7 Å². The minimum Gasteiger partial charge on any atom is -0.390 e. The first-order chi connectivity index (χ1) is 16.4. The van der Waals surface area contributed by atoms with Gasteiger partial charge in [0.2, 0.25) is 0 Å². The Kier molecular flexibility index (Phi) is 6.64. The van der Waals surface area contributed by atoms with Crippen LogP contribution in [0.25, 0.3) is 11.6 Å². The van der Waals surface area contributed by atoms with E-state index in [2.05, 4.69) is 31.1 Å². The Morgan fingerprint density at radius 1 is 1.12 bits per heavy atom. The van der Waals surface area contributed by atoms with Crippen molar-refractivity contribution in [1.29, 1.82) is 0 Å². The fourth-order valence-corrected chi connectivity index (χ4v) is 5.74. The van der Waals surface area contributed by atoms with Gasteiger partial charge in [0.25, 0.3) is 11.8 Å². The number of nitrogens with one attached hydrogen (secondary N) is 2. The zero-order valence-corrected chi connectivity index (χ0v) is 21.1. The van der Waals surface area contributed by atoms with Crippen molar-refractivity contribution < 1.29 is 14.7 Å². The number of H-pyrrole nitrogens is 1. The van der Waals surface area contributed by atoms with Crippen LogP contribution >= 0.6 is 15.9 Å². The molecule has 3 N–H and O–H groups in total. The molecule has 1 atom stereocenters. The largest absolute Gasteiger partial charge is 0.390 e. The summed E-state index contributed by atoms with van der Waals surface area (Å²) in [5.41, 5.74) is 5.44. The summed E-state index contributed by atoms with van der Waals surface area (Å²) >= 11 is 3.48. The highest BCUT2D eigenvalue weighted by Gasteiger charge is 2.30. The number of rotatable bonds is 5. The molecule has 8 heteroatoms. The third kappa shape index (κ3) is 4.59. The van der Waals surface area contributed by atoms with Gasteiger partial charge in [0.15, 0.2) is 0 Å². The second-order valence-corrected chi connectivity index (χ2v) is 10.5. The minimum atomic E-state index is -0.554. The number of nitrogens with zero attached hydrogens (tertiary/aromatic N) is 2. The number of benzene rings is 1. The van der Waals surface area contributed by atoms with Gasteiger partial charge in [-0.25, -0.2) is 0 Å². The molecule has 2 amide bonds. The molecule has 0 spiro atoms. The number of halogens is 1. The summed E-state index contributed by atoms with van der Waals surface area (Å²) in [6, 6.07) is 5.71. The second-order valence-electron chi connectivity index (χ2n) is 9.59. The van der Waals surface area contributed by atoms with Crippen molar-refractivity contribution in [3.8, 4) is 0 Å². The average molecular weight is 527 g/mol. The van der Waals surface area contributed by atoms with Gasteiger partial charge in [-0.15, -0.1) is 0 Å². The van der Waals surface area contributed by atoms with E-state index in [4.69, 9.17) is 0 Å². The molecule has 34 heavy (non-hydrogen) atoms. The molecule has 1 aromatic carbocycles. The highest BCUT2D eigenvalue weighted by atomic mass is 79.9. The summed E-state index contributed by atoms with van der Waals surface area (Å²) in [5, 5.41) is 13.6. The number of amides is 2. The number of aromatic amines is 1. The van der Waals surface area contributed by atoms with E-state index in [0.717, 1.165) is 58.6 Å². The zero-order valence-electron chi connectivity index (χ0n) is 19.5. The van der Waals surface area contributed by atoms with E-state index in [-0.39, 0.29) is 11.8 Å². The number of fused-ring (bicyclic) bond motifs is 2. The van der Waals surface area contributed by atoms with Crippen molar-refractivity contribution in [2.45, 2.75) is 45.1 Å². The summed E-state index contributed by atoms with van der Waals surface area (Å²) < 4.78 is 0.904. The quantitative estimate of drug-likeness (QED) is 0.516. The third-order valence-electron chi connectivity index (χ3n) is 7.12. The van der Waals surface area contributed by atoms with E-state index >= 15 is 0 Å². The molecular weight excluding hydrogens is 496 g/mol. The lowest BCUT2D eigenvalue weighted by molar-refractivity contribution is -0.110. The zero-order chi connectivity index (χ0) is 23.8. The first-order valence-corrected chi connectivity index (χ1v) is 12.9. The van der Waals surface area contributed by atoms with Crippen molar-refractivity contribution in [1.82, 2.24) is 14.8 Å². The van der Waals surface area contributed by atoms with E-state index in [0.29, 0.717) is 30.8 Å². The minimum absolute atomic E-state index is 0.0392. The van der Waals surface area contributed by atoms with Gasteiger partial charge in [-0.05, 0) is 75.5 Å². The predicted molar refractivity (Wildman–Crippen MR) is 137 cm³/mol. The molecule has 1 fully saturated rings. The third-order valence-corrected chi connectivity index (χ3v) is 7.62. The second kappa shape index (κ2) is 9.68. The molecule has 5 rings (SSSR count).